The highest BCUT2D eigenvalue weighted by atomic mass is 14.5. The molecule has 22 heavy (non-hydrogen) atoms. The second-order valence-electron chi connectivity index (χ2n) is 5.98. The van der Waals surface area contributed by atoms with Crippen LogP contribution in [0.25, 0.3) is 22.3 Å². The standard InChI is InChI=1S/C21H21N/c1-14-11-15(2)21(16(3)12-14)19-6-4-5-18(13-19)17-7-9-20(22)10-8-17/h4-13H,22H2,1-3H3. The van der Waals surface area contributed by atoms with Crippen LogP contribution in [0.1, 0.15) is 16.7 Å². The van der Waals surface area contributed by atoms with Crippen LogP contribution in [-0.2, 0) is 0 Å². The van der Waals surface area contributed by atoms with Gasteiger partial charge < -0.3 is 5.73 Å². The summed E-state index contributed by atoms with van der Waals surface area (Å²) in [4.78, 5) is 0. The summed E-state index contributed by atoms with van der Waals surface area (Å²) in [6.07, 6.45) is 0. The van der Waals surface area contributed by atoms with Crippen molar-refractivity contribution in [3.8, 4) is 22.3 Å². The zero-order valence-corrected chi connectivity index (χ0v) is 13.4. The third-order valence-corrected chi connectivity index (χ3v) is 4.07. The molecule has 0 aromatic heterocycles. The highest BCUT2D eigenvalue weighted by molar-refractivity contribution is 5.77. The summed E-state index contributed by atoms with van der Waals surface area (Å²) in [6, 6.07) is 21.3. The number of aryl methyl sites for hydroxylation is 3. The first-order valence-corrected chi connectivity index (χ1v) is 7.59. The van der Waals surface area contributed by atoms with E-state index in [2.05, 4.69) is 69.3 Å². The van der Waals surface area contributed by atoms with Crippen molar-refractivity contribution < 1.29 is 0 Å². The van der Waals surface area contributed by atoms with E-state index in [1.54, 1.807) is 0 Å². The quantitative estimate of drug-likeness (QED) is 0.616. The van der Waals surface area contributed by atoms with Gasteiger partial charge in [-0.2, -0.15) is 0 Å². The van der Waals surface area contributed by atoms with E-state index in [1.807, 2.05) is 12.1 Å². The molecular formula is C21H21N. The van der Waals surface area contributed by atoms with Gasteiger partial charge in [0.05, 0.1) is 0 Å². The van der Waals surface area contributed by atoms with Crippen molar-refractivity contribution in [2.24, 2.45) is 0 Å². The molecule has 0 aliphatic heterocycles. The number of rotatable bonds is 2. The van der Waals surface area contributed by atoms with Crippen molar-refractivity contribution in [2.45, 2.75) is 20.8 Å². The van der Waals surface area contributed by atoms with Gasteiger partial charge in [0.15, 0.2) is 0 Å². The number of hydrogen-bond acceptors (Lipinski definition) is 1. The van der Waals surface area contributed by atoms with E-state index < -0.39 is 0 Å². The Hall–Kier alpha value is -2.54. The van der Waals surface area contributed by atoms with E-state index in [0.29, 0.717) is 0 Å². The predicted molar refractivity (Wildman–Crippen MR) is 95.9 cm³/mol. The molecule has 0 spiro atoms. The average molecular weight is 287 g/mol. The van der Waals surface area contributed by atoms with E-state index in [4.69, 9.17) is 5.73 Å². The molecule has 3 aromatic rings. The number of nitrogen functional groups attached to an aromatic ring is 1. The van der Waals surface area contributed by atoms with Crippen LogP contribution in [0, 0.1) is 20.8 Å². The molecule has 0 aliphatic rings. The van der Waals surface area contributed by atoms with Gasteiger partial charge in [-0.1, -0.05) is 48.0 Å². The van der Waals surface area contributed by atoms with Crippen molar-refractivity contribution in [1.29, 1.82) is 0 Å². The number of anilines is 1. The SMILES string of the molecule is Cc1cc(C)c(-c2cccc(-c3ccc(N)cc3)c2)c(C)c1. The summed E-state index contributed by atoms with van der Waals surface area (Å²) in [7, 11) is 0. The van der Waals surface area contributed by atoms with E-state index >= 15 is 0 Å². The smallest absolute Gasteiger partial charge is 0.0314 e. The Balaban J connectivity index is 2.11. The third-order valence-electron chi connectivity index (χ3n) is 4.07. The second-order valence-corrected chi connectivity index (χ2v) is 5.98. The van der Waals surface area contributed by atoms with Crippen molar-refractivity contribution in [1.82, 2.24) is 0 Å². The summed E-state index contributed by atoms with van der Waals surface area (Å²) in [5.74, 6) is 0. The van der Waals surface area contributed by atoms with Crippen LogP contribution in [0.15, 0.2) is 60.7 Å². The molecule has 0 aliphatic carbocycles. The highest BCUT2D eigenvalue weighted by Gasteiger charge is 2.08. The topological polar surface area (TPSA) is 26.0 Å². The van der Waals surface area contributed by atoms with E-state index in [1.165, 1.54) is 38.9 Å². The fraction of sp³-hybridized carbons (Fsp3) is 0.143. The summed E-state index contributed by atoms with van der Waals surface area (Å²) in [6.45, 7) is 6.52. The highest BCUT2D eigenvalue weighted by Crippen LogP contribution is 2.31. The number of nitrogens with two attached hydrogens (primary N) is 1. The van der Waals surface area contributed by atoms with Crippen LogP contribution >= 0.6 is 0 Å². The molecule has 0 saturated carbocycles. The molecule has 0 bridgehead atoms. The monoisotopic (exact) mass is 287 g/mol. The Bertz CT molecular complexity index is 791. The molecule has 0 atom stereocenters. The molecular weight excluding hydrogens is 266 g/mol. The fourth-order valence-electron chi connectivity index (χ4n) is 3.17. The van der Waals surface area contributed by atoms with Crippen LogP contribution in [0.4, 0.5) is 5.69 Å². The Labute approximate surface area is 132 Å². The van der Waals surface area contributed by atoms with Gasteiger partial charge in [0.1, 0.15) is 0 Å². The van der Waals surface area contributed by atoms with Gasteiger partial charge in [0.2, 0.25) is 0 Å². The molecule has 0 heterocycles. The maximum atomic E-state index is 5.78. The zero-order chi connectivity index (χ0) is 15.7. The lowest BCUT2D eigenvalue weighted by Crippen LogP contribution is -1.91. The van der Waals surface area contributed by atoms with E-state index in [0.717, 1.165) is 5.69 Å². The Kier molecular flexibility index (Phi) is 3.72. The Morgan fingerprint density at radius 3 is 1.86 bits per heavy atom. The lowest BCUT2D eigenvalue weighted by Gasteiger charge is -2.13. The summed E-state index contributed by atoms with van der Waals surface area (Å²) >= 11 is 0. The Morgan fingerprint density at radius 1 is 0.636 bits per heavy atom. The number of benzene rings is 3. The van der Waals surface area contributed by atoms with Gasteiger partial charge in [-0.25, -0.2) is 0 Å². The van der Waals surface area contributed by atoms with Gasteiger partial charge in [-0.05, 0) is 72.4 Å². The fourth-order valence-corrected chi connectivity index (χ4v) is 3.17. The minimum atomic E-state index is 0.796. The molecule has 0 saturated heterocycles. The van der Waals surface area contributed by atoms with Crippen LogP contribution in [0.3, 0.4) is 0 Å². The predicted octanol–water partition coefficient (Wildman–Crippen LogP) is 5.53. The molecule has 0 amide bonds. The molecule has 0 radical (unpaired) electrons. The Morgan fingerprint density at radius 2 is 1.23 bits per heavy atom. The van der Waals surface area contributed by atoms with E-state index in [9.17, 15) is 0 Å². The molecule has 3 rings (SSSR count). The third kappa shape index (κ3) is 2.75. The molecule has 0 fully saturated rings. The maximum Gasteiger partial charge on any atom is 0.0314 e. The van der Waals surface area contributed by atoms with Crippen molar-refractivity contribution in [3.05, 3.63) is 77.4 Å². The van der Waals surface area contributed by atoms with Crippen LogP contribution in [0.2, 0.25) is 0 Å². The molecule has 1 heteroatoms. The minimum absolute atomic E-state index is 0.796. The minimum Gasteiger partial charge on any atom is -0.399 e. The summed E-state index contributed by atoms with van der Waals surface area (Å²) < 4.78 is 0. The second kappa shape index (κ2) is 5.69. The lowest BCUT2D eigenvalue weighted by atomic mass is 9.92. The normalized spacial score (nSPS) is 10.7. The molecule has 0 unspecified atom stereocenters. The van der Waals surface area contributed by atoms with Gasteiger partial charge in [0.25, 0.3) is 0 Å². The van der Waals surface area contributed by atoms with Crippen molar-refractivity contribution in [3.63, 3.8) is 0 Å². The molecule has 3 aromatic carbocycles. The maximum absolute atomic E-state index is 5.78. The first-order valence-electron chi connectivity index (χ1n) is 7.59. The summed E-state index contributed by atoms with van der Waals surface area (Å²) in [5, 5.41) is 0. The van der Waals surface area contributed by atoms with Crippen LogP contribution < -0.4 is 5.73 Å². The van der Waals surface area contributed by atoms with Crippen molar-refractivity contribution >= 4 is 5.69 Å². The van der Waals surface area contributed by atoms with Crippen LogP contribution in [0.5, 0.6) is 0 Å². The van der Waals surface area contributed by atoms with Gasteiger partial charge in [0, 0.05) is 5.69 Å². The zero-order valence-electron chi connectivity index (χ0n) is 13.4. The van der Waals surface area contributed by atoms with Gasteiger partial charge in [-0.15, -0.1) is 0 Å². The van der Waals surface area contributed by atoms with Crippen LogP contribution in [-0.4, -0.2) is 0 Å². The summed E-state index contributed by atoms with van der Waals surface area (Å²) in [5.41, 5.74) is 15.6. The average Bonchev–Trinajstić information content (AvgIpc) is 2.47. The first-order chi connectivity index (χ1) is 10.5. The van der Waals surface area contributed by atoms with Gasteiger partial charge >= 0.3 is 0 Å². The van der Waals surface area contributed by atoms with E-state index in [-0.39, 0.29) is 0 Å². The number of hydrogen-bond donors (Lipinski definition) is 1. The van der Waals surface area contributed by atoms with Crippen molar-refractivity contribution in [2.75, 3.05) is 5.73 Å². The molecule has 2 N–H and O–H groups in total. The largest absolute Gasteiger partial charge is 0.399 e. The molecule has 1 nitrogen and oxygen atoms in total. The first kappa shape index (κ1) is 14.4. The van der Waals surface area contributed by atoms with Gasteiger partial charge in [-0.3, -0.25) is 0 Å². The molecule has 110 valence electrons. The lowest BCUT2D eigenvalue weighted by molar-refractivity contribution is 1.32.